The van der Waals surface area contributed by atoms with Gasteiger partial charge < -0.3 is 5.32 Å². The van der Waals surface area contributed by atoms with Gasteiger partial charge in [0.15, 0.2) is 15.5 Å². The molecular formula is C18H21N5O2S. The number of hydrogen-bond donors (Lipinski definition) is 1. The van der Waals surface area contributed by atoms with E-state index < -0.39 is 9.84 Å². The number of nitrogens with one attached hydrogen (secondary N) is 1. The second kappa shape index (κ2) is 6.68. The van der Waals surface area contributed by atoms with Gasteiger partial charge in [-0.05, 0) is 43.0 Å². The first kappa shape index (κ1) is 17.0. The molecule has 0 saturated heterocycles. The van der Waals surface area contributed by atoms with Crippen molar-refractivity contribution in [3.05, 3.63) is 36.7 Å². The van der Waals surface area contributed by atoms with E-state index in [0.29, 0.717) is 11.9 Å². The Bertz CT molecular complexity index is 1020. The van der Waals surface area contributed by atoms with Crippen LogP contribution in [0.2, 0.25) is 0 Å². The molecule has 1 saturated carbocycles. The highest BCUT2D eigenvalue weighted by atomic mass is 32.2. The van der Waals surface area contributed by atoms with Crippen molar-refractivity contribution < 1.29 is 8.42 Å². The Labute approximate surface area is 152 Å². The molecule has 1 aromatic carbocycles. The molecule has 3 aromatic rings. The number of aromatic nitrogens is 4. The first-order chi connectivity index (χ1) is 12.5. The van der Waals surface area contributed by atoms with Crippen molar-refractivity contribution in [1.29, 1.82) is 0 Å². The van der Waals surface area contributed by atoms with E-state index in [9.17, 15) is 8.42 Å². The van der Waals surface area contributed by atoms with E-state index in [1.54, 1.807) is 36.7 Å². The molecule has 1 aliphatic rings. The van der Waals surface area contributed by atoms with E-state index in [4.69, 9.17) is 0 Å². The molecule has 0 unspecified atom stereocenters. The molecule has 0 radical (unpaired) electrons. The van der Waals surface area contributed by atoms with Crippen molar-refractivity contribution in [2.45, 2.75) is 37.1 Å². The zero-order chi connectivity index (χ0) is 18.1. The van der Waals surface area contributed by atoms with Crippen molar-refractivity contribution in [2.24, 2.45) is 5.92 Å². The number of rotatable bonds is 5. The molecule has 136 valence electrons. The van der Waals surface area contributed by atoms with Gasteiger partial charge in [0.05, 0.1) is 16.5 Å². The van der Waals surface area contributed by atoms with Crippen LogP contribution in [-0.2, 0) is 16.4 Å². The summed E-state index contributed by atoms with van der Waals surface area (Å²) in [5.41, 5.74) is 1.56. The number of benzene rings is 1. The third-order valence-corrected chi connectivity index (χ3v) is 5.95. The van der Waals surface area contributed by atoms with E-state index in [1.165, 1.54) is 31.9 Å². The minimum atomic E-state index is -3.20. The number of hydrogen-bond acceptors (Lipinski definition) is 6. The molecule has 2 heterocycles. The Kier molecular flexibility index (Phi) is 4.36. The Morgan fingerprint density at radius 1 is 1.15 bits per heavy atom. The highest BCUT2D eigenvalue weighted by Gasteiger charge is 2.17. The number of sulfone groups is 1. The van der Waals surface area contributed by atoms with E-state index in [0.717, 1.165) is 23.3 Å². The van der Waals surface area contributed by atoms with Gasteiger partial charge in [-0.1, -0.05) is 12.8 Å². The van der Waals surface area contributed by atoms with E-state index in [1.807, 2.05) is 4.68 Å². The van der Waals surface area contributed by atoms with Crippen molar-refractivity contribution in [3.8, 4) is 0 Å². The van der Waals surface area contributed by atoms with Crippen molar-refractivity contribution >= 4 is 32.5 Å². The molecule has 0 aliphatic heterocycles. The van der Waals surface area contributed by atoms with Crippen LogP contribution in [0.4, 0.5) is 11.6 Å². The van der Waals surface area contributed by atoms with Crippen molar-refractivity contribution in [1.82, 2.24) is 19.7 Å². The lowest BCUT2D eigenvalue weighted by atomic mass is 10.1. The van der Waals surface area contributed by atoms with Crippen LogP contribution in [0.15, 0.2) is 41.6 Å². The van der Waals surface area contributed by atoms with Crippen LogP contribution in [0.25, 0.3) is 11.0 Å². The quantitative estimate of drug-likeness (QED) is 0.741. The lowest BCUT2D eigenvalue weighted by molar-refractivity contribution is 0.436. The van der Waals surface area contributed by atoms with Gasteiger partial charge in [-0.25, -0.2) is 18.1 Å². The van der Waals surface area contributed by atoms with Crippen molar-refractivity contribution in [3.63, 3.8) is 0 Å². The lowest BCUT2D eigenvalue weighted by Gasteiger charge is -2.10. The van der Waals surface area contributed by atoms with Gasteiger partial charge in [-0.15, -0.1) is 0 Å². The zero-order valence-electron chi connectivity index (χ0n) is 14.6. The fourth-order valence-electron chi connectivity index (χ4n) is 3.41. The molecule has 0 spiro atoms. The maximum Gasteiger partial charge on any atom is 0.229 e. The van der Waals surface area contributed by atoms with Gasteiger partial charge in [0.2, 0.25) is 5.95 Å². The maximum atomic E-state index is 11.5. The van der Waals surface area contributed by atoms with Gasteiger partial charge >= 0.3 is 0 Å². The molecule has 1 aliphatic carbocycles. The summed E-state index contributed by atoms with van der Waals surface area (Å²) < 4.78 is 25.1. The summed E-state index contributed by atoms with van der Waals surface area (Å²) >= 11 is 0. The molecule has 1 N–H and O–H groups in total. The Morgan fingerprint density at radius 3 is 2.58 bits per heavy atom. The van der Waals surface area contributed by atoms with Gasteiger partial charge in [0.25, 0.3) is 0 Å². The van der Waals surface area contributed by atoms with E-state index in [-0.39, 0.29) is 4.90 Å². The number of nitrogens with zero attached hydrogens (tertiary/aromatic N) is 4. The Hall–Kier alpha value is -2.48. The highest BCUT2D eigenvalue weighted by Crippen LogP contribution is 2.27. The molecule has 2 aromatic heterocycles. The third-order valence-electron chi connectivity index (χ3n) is 4.82. The van der Waals surface area contributed by atoms with E-state index in [2.05, 4.69) is 20.4 Å². The van der Waals surface area contributed by atoms with Crippen LogP contribution in [-0.4, -0.2) is 34.4 Å². The fraction of sp³-hybridized carbons (Fsp3) is 0.389. The van der Waals surface area contributed by atoms with Crippen LogP contribution in [0.5, 0.6) is 0 Å². The molecule has 26 heavy (non-hydrogen) atoms. The normalized spacial score (nSPS) is 15.6. The molecular weight excluding hydrogens is 350 g/mol. The molecule has 0 amide bonds. The summed E-state index contributed by atoms with van der Waals surface area (Å²) in [6.45, 7) is 0.892. The third kappa shape index (κ3) is 3.55. The van der Waals surface area contributed by atoms with Gasteiger partial charge in [0.1, 0.15) is 0 Å². The highest BCUT2D eigenvalue weighted by molar-refractivity contribution is 7.90. The van der Waals surface area contributed by atoms with Crippen LogP contribution in [0, 0.1) is 5.92 Å². The summed E-state index contributed by atoms with van der Waals surface area (Å²) in [4.78, 5) is 9.21. The molecule has 4 rings (SSSR count). The number of fused-ring (bicyclic) bond motifs is 1. The standard InChI is InChI=1S/C18H21N5O2S/c1-26(24,25)16-8-6-15(7-9-16)21-18-19-10-14-11-20-23(17(14)22-18)12-13-4-2-3-5-13/h6-11,13H,2-5,12H2,1H3,(H,19,21,22). The van der Waals surface area contributed by atoms with Crippen LogP contribution in [0.1, 0.15) is 25.7 Å². The summed E-state index contributed by atoms with van der Waals surface area (Å²) in [5, 5.41) is 8.51. The van der Waals surface area contributed by atoms with Gasteiger partial charge in [-0.2, -0.15) is 10.1 Å². The smallest absolute Gasteiger partial charge is 0.229 e. The second-order valence-electron chi connectivity index (χ2n) is 6.87. The van der Waals surface area contributed by atoms with E-state index >= 15 is 0 Å². The van der Waals surface area contributed by atoms with Crippen LogP contribution < -0.4 is 5.32 Å². The zero-order valence-corrected chi connectivity index (χ0v) is 15.4. The number of anilines is 2. The summed E-state index contributed by atoms with van der Waals surface area (Å²) in [6, 6.07) is 6.56. The average molecular weight is 371 g/mol. The lowest BCUT2D eigenvalue weighted by Crippen LogP contribution is -2.09. The van der Waals surface area contributed by atoms with Gasteiger partial charge in [-0.3, -0.25) is 0 Å². The predicted octanol–water partition coefficient (Wildman–Crippen LogP) is 3.16. The second-order valence-corrected chi connectivity index (χ2v) is 8.89. The summed E-state index contributed by atoms with van der Waals surface area (Å²) in [6.07, 6.45) is 9.86. The first-order valence-corrected chi connectivity index (χ1v) is 10.6. The van der Waals surface area contributed by atoms with Gasteiger partial charge in [0, 0.05) is 24.7 Å². The molecule has 0 bridgehead atoms. The fourth-order valence-corrected chi connectivity index (χ4v) is 4.04. The average Bonchev–Trinajstić information content (AvgIpc) is 3.25. The Balaban J connectivity index is 1.56. The summed E-state index contributed by atoms with van der Waals surface area (Å²) in [7, 11) is -3.20. The molecule has 0 atom stereocenters. The first-order valence-electron chi connectivity index (χ1n) is 8.75. The monoisotopic (exact) mass is 371 g/mol. The van der Waals surface area contributed by atoms with Crippen molar-refractivity contribution in [2.75, 3.05) is 11.6 Å². The summed E-state index contributed by atoms with van der Waals surface area (Å²) in [5.74, 6) is 1.14. The minimum Gasteiger partial charge on any atom is -0.324 e. The topological polar surface area (TPSA) is 89.8 Å². The molecule has 7 nitrogen and oxygen atoms in total. The molecule has 8 heteroatoms. The van der Waals surface area contributed by atoms with Crippen LogP contribution >= 0.6 is 0 Å². The SMILES string of the molecule is CS(=O)(=O)c1ccc(Nc2ncc3cnn(CC4CCCC4)c3n2)cc1. The molecule has 1 fully saturated rings. The predicted molar refractivity (Wildman–Crippen MR) is 100 cm³/mol. The van der Waals surface area contributed by atoms with Crippen LogP contribution in [0.3, 0.4) is 0 Å². The minimum absolute atomic E-state index is 0.286. The largest absolute Gasteiger partial charge is 0.324 e. The maximum absolute atomic E-state index is 11.5. The Morgan fingerprint density at radius 2 is 1.88 bits per heavy atom.